The van der Waals surface area contributed by atoms with Gasteiger partial charge in [0, 0.05) is 61.0 Å². The van der Waals surface area contributed by atoms with Crippen LogP contribution in [0.2, 0.25) is 0 Å². The van der Waals surface area contributed by atoms with Gasteiger partial charge in [0.25, 0.3) is 5.91 Å². The molecule has 1 aromatic heterocycles. The van der Waals surface area contributed by atoms with Crippen LogP contribution < -0.4 is 20.9 Å². The molecular weight excluding hydrogens is 650 g/mol. The van der Waals surface area contributed by atoms with Gasteiger partial charge in [0.05, 0.1) is 6.42 Å². The van der Waals surface area contributed by atoms with Crippen molar-refractivity contribution in [2.75, 3.05) is 23.3 Å². The van der Waals surface area contributed by atoms with Crippen molar-refractivity contribution in [1.29, 1.82) is 0 Å². The molecule has 4 N–H and O–H groups in total. The summed E-state index contributed by atoms with van der Waals surface area (Å²) in [5.74, 6) is 0.112. The largest absolute Gasteiger partial charge is 0.446 e. The average Bonchev–Trinajstić information content (AvgIpc) is 3.84. The van der Waals surface area contributed by atoms with Gasteiger partial charge in [0.1, 0.15) is 12.1 Å². The number of piperidine rings is 2. The van der Waals surface area contributed by atoms with Crippen molar-refractivity contribution in [2.45, 2.75) is 102 Å². The third-order valence-electron chi connectivity index (χ3n) is 10.6. The zero-order valence-corrected chi connectivity index (χ0v) is 29.1. The minimum Gasteiger partial charge on any atom is -0.446 e. The second-order valence-corrected chi connectivity index (χ2v) is 14.5. The number of nitrogens with one attached hydrogen (secondary N) is 4. The topological polar surface area (TPSA) is 166 Å². The van der Waals surface area contributed by atoms with Gasteiger partial charge in [-0.15, -0.1) is 0 Å². The number of imide groups is 1. The first-order chi connectivity index (χ1) is 24.6. The Morgan fingerprint density at radius 3 is 2.49 bits per heavy atom. The van der Waals surface area contributed by atoms with Crippen molar-refractivity contribution in [3.63, 3.8) is 0 Å². The molecule has 4 heterocycles. The Morgan fingerprint density at radius 2 is 1.75 bits per heavy atom. The summed E-state index contributed by atoms with van der Waals surface area (Å²) in [6.07, 6.45) is 4.67. The van der Waals surface area contributed by atoms with Crippen molar-refractivity contribution in [2.24, 2.45) is 0 Å². The molecule has 1 aliphatic carbocycles. The summed E-state index contributed by atoms with van der Waals surface area (Å²) < 4.78 is 5.54. The van der Waals surface area contributed by atoms with Gasteiger partial charge < -0.3 is 25.2 Å². The lowest BCUT2D eigenvalue weighted by molar-refractivity contribution is -0.137. The van der Waals surface area contributed by atoms with E-state index in [1.54, 1.807) is 4.90 Å². The monoisotopic (exact) mass is 695 g/mol. The number of anilines is 2. The molecule has 4 aliphatic rings. The van der Waals surface area contributed by atoms with Crippen molar-refractivity contribution in [3.05, 3.63) is 76.5 Å². The Balaban J connectivity index is 0.867. The van der Waals surface area contributed by atoms with Crippen LogP contribution in [0.25, 0.3) is 0 Å². The zero-order valence-electron chi connectivity index (χ0n) is 29.1. The fraction of sp³-hybridized carbons (Fsp3) is 0.474. The number of carbonyl (C=O) groups is 5. The highest BCUT2D eigenvalue weighted by atomic mass is 16.6. The molecule has 2 aromatic carbocycles. The number of H-pyrrole nitrogens is 1. The van der Waals surface area contributed by atoms with E-state index in [2.05, 4.69) is 49.2 Å². The summed E-state index contributed by atoms with van der Waals surface area (Å²) in [6.45, 7) is 5.92. The second kappa shape index (κ2) is 14.6. The predicted octanol–water partition coefficient (Wildman–Crippen LogP) is 4.51. The van der Waals surface area contributed by atoms with E-state index < -0.39 is 11.9 Å². The van der Waals surface area contributed by atoms with E-state index in [4.69, 9.17) is 4.74 Å². The molecule has 1 unspecified atom stereocenters. The number of carbonyl (C=O) groups excluding carboxylic acids is 5. The Hall–Kier alpha value is -5.20. The summed E-state index contributed by atoms with van der Waals surface area (Å²) in [5.41, 5.74) is 5.73. The predicted molar refractivity (Wildman–Crippen MR) is 189 cm³/mol. The van der Waals surface area contributed by atoms with Gasteiger partial charge in [-0.3, -0.25) is 29.6 Å². The molecule has 3 aromatic rings. The average molecular weight is 696 g/mol. The van der Waals surface area contributed by atoms with Gasteiger partial charge in [-0.2, -0.15) is 5.10 Å². The maximum absolute atomic E-state index is 13.1. The van der Waals surface area contributed by atoms with Crippen LogP contribution in [0.4, 0.5) is 16.3 Å². The molecule has 51 heavy (non-hydrogen) atoms. The number of aromatic amines is 1. The number of amides is 5. The van der Waals surface area contributed by atoms with Crippen molar-refractivity contribution in [1.82, 2.24) is 25.7 Å². The normalized spacial score (nSPS) is 22.3. The lowest BCUT2D eigenvalue weighted by Gasteiger charge is -2.34. The number of rotatable bonds is 9. The number of ether oxygens (including phenoxy) is 1. The van der Waals surface area contributed by atoms with Crippen LogP contribution in [-0.4, -0.2) is 76.1 Å². The highest BCUT2D eigenvalue weighted by molar-refractivity contribution is 6.05. The molecule has 7 rings (SSSR count). The third kappa shape index (κ3) is 7.77. The minimum atomic E-state index is -0.615. The van der Waals surface area contributed by atoms with Crippen LogP contribution in [0.1, 0.15) is 103 Å². The molecule has 3 aliphatic heterocycles. The number of alkyl carbamates (subject to hydrolysis) is 1. The van der Waals surface area contributed by atoms with Gasteiger partial charge in [-0.1, -0.05) is 24.3 Å². The van der Waals surface area contributed by atoms with E-state index in [-0.39, 0.29) is 54.7 Å². The van der Waals surface area contributed by atoms with Crippen LogP contribution in [-0.2, 0) is 32.1 Å². The summed E-state index contributed by atoms with van der Waals surface area (Å²) in [5, 5.41) is 15.4. The molecule has 5 amide bonds. The maximum Gasteiger partial charge on any atom is 0.407 e. The number of hydrogen-bond donors (Lipinski definition) is 4. The Kier molecular flexibility index (Phi) is 9.79. The van der Waals surface area contributed by atoms with Crippen LogP contribution in [0, 0.1) is 0 Å². The molecule has 3 atom stereocenters. The summed E-state index contributed by atoms with van der Waals surface area (Å²) in [7, 11) is 0. The maximum atomic E-state index is 13.1. The van der Waals surface area contributed by atoms with Gasteiger partial charge in [-0.05, 0) is 93.2 Å². The van der Waals surface area contributed by atoms with Crippen molar-refractivity contribution < 1.29 is 28.7 Å². The molecule has 3 fully saturated rings. The first-order valence-electron chi connectivity index (χ1n) is 18.0. The number of benzene rings is 2. The number of aromatic nitrogens is 2. The first-order valence-corrected chi connectivity index (χ1v) is 18.0. The molecule has 0 bridgehead atoms. The summed E-state index contributed by atoms with van der Waals surface area (Å²) in [4.78, 5) is 65.8. The fourth-order valence-corrected chi connectivity index (χ4v) is 7.87. The summed E-state index contributed by atoms with van der Waals surface area (Å²) >= 11 is 0. The zero-order chi connectivity index (χ0) is 35.6. The number of nitrogens with zero attached hydrogens (tertiary/aromatic N) is 3. The molecule has 1 saturated carbocycles. The van der Waals surface area contributed by atoms with E-state index in [0.29, 0.717) is 30.3 Å². The van der Waals surface area contributed by atoms with Crippen LogP contribution >= 0.6 is 0 Å². The first kappa shape index (κ1) is 34.3. The summed E-state index contributed by atoms with van der Waals surface area (Å²) in [6, 6.07) is 15.5. The Morgan fingerprint density at radius 1 is 0.961 bits per heavy atom. The Labute approximate surface area is 296 Å². The molecule has 2 saturated heterocycles. The van der Waals surface area contributed by atoms with Crippen LogP contribution in [0.5, 0.6) is 0 Å². The molecule has 0 spiro atoms. The molecular formula is C38H45N7O6. The highest BCUT2D eigenvalue weighted by Gasteiger charge is 2.39. The quantitative estimate of drug-likeness (QED) is 0.238. The molecule has 0 radical (unpaired) electrons. The smallest absolute Gasteiger partial charge is 0.407 e. The number of hydrogen-bond acceptors (Lipinski definition) is 8. The molecule has 13 heteroatoms. The molecule has 13 nitrogen and oxygen atoms in total. The van der Waals surface area contributed by atoms with Gasteiger partial charge in [0.2, 0.25) is 17.7 Å². The van der Waals surface area contributed by atoms with E-state index >= 15 is 0 Å². The second-order valence-electron chi connectivity index (χ2n) is 14.5. The van der Waals surface area contributed by atoms with Gasteiger partial charge in [0.15, 0.2) is 5.82 Å². The third-order valence-corrected chi connectivity index (χ3v) is 10.6. The molecule has 268 valence electrons. The SMILES string of the molecule is CC(C)NC(=O)O[C@@H]1CC[C@H](c2cc(NC(=O)Cc3ccc(C4CCN(c5ccc6c(c5)CN(C5CCC(=O)NC5=O)C6=O)CC4)cc3)n[nH]2)C1. The van der Waals surface area contributed by atoms with E-state index in [1.807, 2.05) is 44.2 Å². The number of fused-ring (bicyclic) bond motifs is 1. The Bertz CT molecular complexity index is 1810. The lowest BCUT2D eigenvalue weighted by Crippen LogP contribution is -2.52. The highest BCUT2D eigenvalue weighted by Crippen LogP contribution is 2.37. The lowest BCUT2D eigenvalue weighted by atomic mass is 9.88. The van der Waals surface area contributed by atoms with Crippen LogP contribution in [0.15, 0.2) is 48.5 Å². The van der Waals surface area contributed by atoms with E-state index in [9.17, 15) is 24.0 Å². The van der Waals surface area contributed by atoms with Crippen molar-refractivity contribution >= 4 is 41.2 Å². The van der Waals surface area contributed by atoms with Crippen molar-refractivity contribution in [3.8, 4) is 0 Å². The fourth-order valence-electron chi connectivity index (χ4n) is 7.87. The van der Waals surface area contributed by atoms with Gasteiger partial charge in [-0.25, -0.2) is 4.79 Å². The van der Waals surface area contributed by atoms with E-state index in [0.717, 1.165) is 67.7 Å². The van der Waals surface area contributed by atoms with Gasteiger partial charge >= 0.3 is 6.09 Å². The van der Waals surface area contributed by atoms with Crippen LogP contribution in [0.3, 0.4) is 0 Å². The standard InChI is InChI=1S/C38H45N7O6/c1-22(2)39-38(50)51-29-9-7-26(19-29)31-20-33(43-42-31)40-35(47)17-23-3-5-24(6-4-23)25-13-15-44(16-14-25)28-8-10-30-27(18-28)21-45(37(30)49)32-11-12-34(46)41-36(32)48/h3-6,8,10,18,20,22,25-26,29,32H,7,9,11-17,19,21H2,1-2H3,(H,39,50)(H,41,46,48)(H2,40,42,43,47)/t26-,29+,32?/m0/s1. The van der Waals surface area contributed by atoms with E-state index in [1.165, 1.54) is 5.56 Å². The minimum absolute atomic E-state index is 0.0273.